The fourth-order valence-corrected chi connectivity index (χ4v) is 0.710. The minimum Gasteiger partial charge on any atom is -0.494 e. The lowest BCUT2D eigenvalue weighted by Crippen LogP contribution is -1.87. The second-order valence-electron chi connectivity index (χ2n) is 1.97. The summed E-state index contributed by atoms with van der Waals surface area (Å²) in [6.45, 7) is 3.56. The minimum atomic E-state index is -0.366. The van der Waals surface area contributed by atoms with Gasteiger partial charge in [0.1, 0.15) is 0 Å². The first-order valence-electron chi connectivity index (χ1n) is 2.89. The molecule has 0 saturated carbocycles. The normalized spacial score (nSPS) is 9.50. The number of hydrogen-bond acceptors (Lipinski definition) is 1. The molecular weight excluding hydrogens is 131 g/mol. The zero-order valence-electron chi connectivity index (χ0n) is 5.73. The van der Waals surface area contributed by atoms with E-state index in [1.165, 1.54) is 13.2 Å². The molecule has 0 heterocycles. The average Bonchev–Trinajstić information content (AvgIpc) is 1.88. The third-order valence-corrected chi connectivity index (χ3v) is 1.22. The molecule has 1 aromatic rings. The van der Waals surface area contributed by atoms with Crippen LogP contribution in [0.5, 0.6) is 5.75 Å². The maximum Gasteiger partial charge on any atom is 0.165 e. The lowest BCUT2D eigenvalue weighted by atomic mass is 10.2. The van der Waals surface area contributed by atoms with Crippen molar-refractivity contribution in [3.8, 4) is 5.75 Å². The van der Waals surface area contributed by atoms with Gasteiger partial charge in [0.05, 0.1) is 7.11 Å². The van der Waals surface area contributed by atoms with Crippen molar-refractivity contribution in [3.63, 3.8) is 0 Å². The Morgan fingerprint density at radius 1 is 1.50 bits per heavy atom. The van der Waals surface area contributed by atoms with Crippen molar-refractivity contribution in [3.05, 3.63) is 36.5 Å². The number of halogens is 1. The van der Waals surface area contributed by atoms with Gasteiger partial charge in [0.25, 0.3) is 0 Å². The minimum absolute atomic E-state index is 0.257. The van der Waals surface area contributed by atoms with Crippen LogP contribution in [0.2, 0.25) is 0 Å². The van der Waals surface area contributed by atoms with Gasteiger partial charge >= 0.3 is 0 Å². The van der Waals surface area contributed by atoms with Crippen LogP contribution in [-0.2, 0) is 0 Å². The summed E-state index contributed by atoms with van der Waals surface area (Å²) >= 11 is 0. The molecule has 0 aliphatic rings. The number of benzene rings is 1. The molecule has 0 aliphatic carbocycles. The Morgan fingerprint density at radius 2 is 2.20 bits per heavy atom. The SMILES string of the molecule is [CH2]c1ccc(OC)c(F)c1. The first kappa shape index (κ1) is 7.06. The number of rotatable bonds is 1. The van der Waals surface area contributed by atoms with Gasteiger partial charge in [-0.2, -0.15) is 0 Å². The van der Waals surface area contributed by atoms with Crippen molar-refractivity contribution in [2.24, 2.45) is 0 Å². The molecule has 0 atom stereocenters. The van der Waals surface area contributed by atoms with Crippen LogP contribution in [0.1, 0.15) is 5.56 Å². The van der Waals surface area contributed by atoms with Crippen molar-refractivity contribution < 1.29 is 9.13 Å². The third-order valence-electron chi connectivity index (χ3n) is 1.22. The van der Waals surface area contributed by atoms with Crippen LogP contribution in [0.4, 0.5) is 4.39 Å². The van der Waals surface area contributed by atoms with Gasteiger partial charge < -0.3 is 4.74 Å². The molecular formula is C8H8FO. The lowest BCUT2D eigenvalue weighted by Gasteiger charge is -2.00. The van der Waals surface area contributed by atoms with Crippen LogP contribution in [0, 0.1) is 12.7 Å². The van der Waals surface area contributed by atoms with E-state index in [1.807, 2.05) is 0 Å². The summed E-state index contributed by atoms with van der Waals surface area (Å²) in [7, 11) is 1.43. The Hall–Kier alpha value is -1.05. The molecule has 0 aliphatic heterocycles. The molecule has 0 bridgehead atoms. The fraction of sp³-hybridized carbons (Fsp3) is 0.125. The monoisotopic (exact) mass is 139 g/mol. The fourth-order valence-electron chi connectivity index (χ4n) is 0.710. The smallest absolute Gasteiger partial charge is 0.165 e. The van der Waals surface area contributed by atoms with E-state index >= 15 is 0 Å². The molecule has 0 saturated heterocycles. The van der Waals surface area contributed by atoms with Crippen LogP contribution in [-0.4, -0.2) is 7.11 Å². The summed E-state index contributed by atoms with van der Waals surface area (Å²) in [5.41, 5.74) is 0.651. The zero-order valence-corrected chi connectivity index (χ0v) is 5.73. The van der Waals surface area contributed by atoms with Gasteiger partial charge in [0, 0.05) is 0 Å². The molecule has 0 N–H and O–H groups in total. The Morgan fingerprint density at radius 3 is 2.70 bits per heavy atom. The van der Waals surface area contributed by atoms with Gasteiger partial charge in [-0.3, -0.25) is 0 Å². The topological polar surface area (TPSA) is 9.23 Å². The Kier molecular flexibility index (Phi) is 1.90. The molecule has 2 heteroatoms. The van der Waals surface area contributed by atoms with E-state index in [0.29, 0.717) is 5.56 Å². The molecule has 0 fully saturated rings. The highest BCUT2D eigenvalue weighted by atomic mass is 19.1. The van der Waals surface area contributed by atoms with Gasteiger partial charge in [-0.05, 0) is 24.6 Å². The van der Waals surface area contributed by atoms with Crippen LogP contribution >= 0.6 is 0 Å². The summed E-state index contributed by atoms with van der Waals surface area (Å²) in [5, 5.41) is 0. The van der Waals surface area contributed by atoms with E-state index in [2.05, 4.69) is 6.92 Å². The van der Waals surface area contributed by atoms with E-state index in [1.54, 1.807) is 12.1 Å². The second kappa shape index (κ2) is 2.69. The van der Waals surface area contributed by atoms with Crippen LogP contribution < -0.4 is 4.74 Å². The molecule has 1 aromatic carbocycles. The van der Waals surface area contributed by atoms with Crippen LogP contribution in [0.3, 0.4) is 0 Å². The highest BCUT2D eigenvalue weighted by molar-refractivity contribution is 5.30. The van der Waals surface area contributed by atoms with E-state index < -0.39 is 0 Å². The maximum atomic E-state index is 12.7. The second-order valence-corrected chi connectivity index (χ2v) is 1.97. The van der Waals surface area contributed by atoms with E-state index in [9.17, 15) is 4.39 Å². The average molecular weight is 139 g/mol. The summed E-state index contributed by atoms with van der Waals surface area (Å²) in [6, 6.07) is 4.58. The van der Waals surface area contributed by atoms with Crippen LogP contribution in [0.15, 0.2) is 18.2 Å². The first-order chi connectivity index (χ1) is 4.74. The molecule has 0 aromatic heterocycles. The van der Waals surface area contributed by atoms with Crippen molar-refractivity contribution >= 4 is 0 Å². The van der Waals surface area contributed by atoms with Gasteiger partial charge in [-0.15, -0.1) is 0 Å². The highest BCUT2D eigenvalue weighted by Gasteiger charge is 1.99. The standard InChI is InChI=1S/C8H8FO/c1-6-3-4-8(10-2)7(9)5-6/h3-5H,1H2,2H3. The molecule has 10 heavy (non-hydrogen) atoms. The van der Waals surface area contributed by atoms with E-state index in [4.69, 9.17) is 4.74 Å². The lowest BCUT2D eigenvalue weighted by molar-refractivity contribution is 0.386. The number of methoxy groups -OCH3 is 1. The summed E-state index contributed by atoms with van der Waals surface area (Å²) < 4.78 is 17.4. The predicted molar refractivity (Wildman–Crippen MR) is 37.4 cm³/mol. The van der Waals surface area contributed by atoms with Crippen molar-refractivity contribution in [2.45, 2.75) is 0 Å². The van der Waals surface area contributed by atoms with E-state index in [-0.39, 0.29) is 11.6 Å². The molecule has 1 rings (SSSR count). The van der Waals surface area contributed by atoms with Crippen molar-refractivity contribution in [1.82, 2.24) is 0 Å². The van der Waals surface area contributed by atoms with Gasteiger partial charge in [0.2, 0.25) is 0 Å². The van der Waals surface area contributed by atoms with E-state index in [0.717, 1.165) is 0 Å². The van der Waals surface area contributed by atoms with Crippen LogP contribution in [0.25, 0.3) is 0 Å². The Bertz CT molecular complexity index is 233. The molecule has 1 nitrogen and oxygen atoms in total. The quantitative estimate of drug-likeness (QED) is 0.578. The molecule has 0 unspecified atom stereocenters. The molecule has 0 amide bonds. The summed E-state index contributed by atoms with van der Waals surface area (Å²) in [5.74, 6) is -0.109. The molecule has 53 valence electrons. The zero-order chi connectivity index (χ0) is 7.56. The third kappa shape index (κ3) is 1.26. The van der Waals surface area contributed by atoms with Gasteiger partial charge in [-0.25, -0.2) is 4.39 Å². The van der Waals surface area contributed by atoms with Gasteiger partial charge in [-0.1, -0.05) is 6.07 Å². The first-order valence-corrected chi connectivity index (χ1v) is 2.89. The Labute approximate surface area is 59.4 Å². The molecule has 1 radical (unpaired) electrons. The largest absolute Gasteiger partial charge is 0.494 e. The van der Waals surface area contributed by atoms with Crippen molar-refractivity contribution in [2.75, 3.05) is 7.11 Å². The summed E-state index contributed by atoms with van der Waals surface area (Å²) in [4.78, 5) is 0. The molecule has 0 spiro atoms. The van der Waals surface area contributed by atoms with Gasteiger partial charge in [0.15, 0.2) is 11.6 Å². The maximum absolute atomic E-state index is 12.7. The Balaban J connectivity index is 3.07. The number of ether oxygens (including phenoxy) is 1. The van der Waals surface area contributed by atoms with Crippen molar-refractivity contribution in [1.29, 1.82) is 0 Å². The summed E-state index contributed by atoms with van der Waals surface area (Å²) in [6.07, 6.45) is 0. The predicted octanol–water partition coefficient (Wildman–Crippen LogP) is 2.02. The number of hydrogen-bond donors (Lipinski definition) is 0. The highest BCUT2D eigenvalue weighted by Crippen LogP contribution is 2.16.